The molecule has 0 aliphatic rings. The van der Waals surface area contributed by atoms with Gasteiger partial charge in [-0.1, -0.05) is 43.0 Å². The summed E-state index contributed by atoms with van der Waals surface area (Å²) in [7, 11) is 1.49. The highest BCUT2D eigenvalue weighted by Crippen LogP contribution is 2.28. The van der Waals surface area contributed by atoms with E-state index in [-0.39, 0.29) is 0 Å². The van der Waals surface area contributed by atoms with Gasteiger partial charge in [0.1, 0.15) is 30.9 Å². The van der Waals surface area contributed by atoms with Crippen molar-refractivity contribution in [1.29, 1.82) is 0 Å². The molecule has 0 fully saturated rings. The van der Waals surface area contributed by atoms with Gasteiger partial charge in [-0.15, -0.1) is 10.2 Å². The first-order valence-electron chi connectivity index (χ1n) is 11.6. The van der Waals surface area contributed by atoms with Crippen LogP contribution in [0.1, 0.15) is 62.3 Å². The second kappa shape index (κ2) is 15.7. The molecule has 0 atom stereocenters. The van der Waals surface area contributed by atoms with Crippen molar-refractivity contribution in [2.75, 3.05) is 26.9 Å². The van der Waals surface area contributed by atoms with Gasteiger partial charge in [0.25, 0.3) is 0 Å². The maximum absolute atomic E-state index is 6.05. The van der Waals surface area contributed by atoms with Gasteiger partial charge in [0.15, 0.2) is 0 Å². The smallest absolute Gasteiger partial charge is 0.233 e. The van der Waals surface area contributed by atoms with Gasteiger partial charge in [-0.3, -0.25) is 0 Å². The Labute approximate surface area is 197 Å². The molecule has 7 nitrogen and oxygen atoms in total. The van der Waals surface area contributed by atoms with Gasteiger partial charge in [0.05, 0.1) is 19.4 Å². The van der Waals surface area contributed by atoms with Crippen molar-refractivity contribution in [3.05, 3.63) is 53.2 Å². The van der Waals surface area contributed by atoms with E-state index in [1.165, 1.54) is 32.6 Å². The number of rotatable bonds is 16. The third-order valence-corrected chi connectivity index (χ3v) is 5.00. The summed E-state index contributed by atoms with van der Waals surface area (Å²) >= 11 is 0. The van der Waals surface area contributed by atoms with Crippen LogP contribution in [0.25, 0.3) is 0 Å². The molecule has 0 bridgehead atoms. The monoisotopic (exact) mass is 455 g/mol. The Morgan fingerprint density at radius 1 is 0.848 bits per heavy atom. The fourth-order valence-corrected chi connectivity index (χ4v) is 3.31. The SMILES string of the molecule is C/C=C/COc1cc(C)c(OCCCCCCCCOc2ccc(/C=N/OC)nn2)c(C)c1. The third kappa shape index (κ3) is 10.4. The molecule has 0 radical (unpaired) electrons. The van der Waals surface area contributed by atoms with Crippen LogP contribution in [0.3, 0.4) is 0 Å². The Kier molecular flexibility index (Phi) is 12.4. The molecule has 0 unspecified atom stereocenters. The van der Waals surface area contributed by atoms with Crippen molar-refractivity contribution in [3.8, 4) is 17.4 Å². The average Bonchev–Trinajstić information content (AvgIpc) is 2.81. The Balaban J connectivity index is 1.53. The van der Waals surface area contributed by atoms with Crippen LogP contribution in [0.4, 0.5) is 0 Å². The molecule has 2 rings (SSSR count). The molecule has 1 aromatic carbocycles. The van der Waals surface area contributed by atoms with Crippen molar-refractivity contribution in [2.24, 2.45) is 5.16 Å². The van der Waals surface area contributed by atoms with Crippen molar-refractivity contribution in [2.45, 2.75) is 59.3 Å². The Bertz CT molecular complexity index is 843. The van der Waals surface area contributed by atoms with Crippen molar-refractivity contribution in [3.63, 3.8) is 0 Å². The molecule has 2 aromatic rings. The Hall–Kier alpha value is -3.09. The van der Waals surface area contributed by atoms with Gasteiger partial charge in [-0.2, -0.15) is 0 Å². The number of benzene rings is 1. The largest absolute Gasteiger partial charge is 0.493 e. The van der Waals surface area contributed by atoms with E-state index >= 15 is 0 Å². The molecule has 7 heteroatoms. The molecule has 1 heterocycles. The van der Waals surface area contributed by atoms with Crippen LogP contribution in [0, 0.1) is 13.8 Å². The number of hydrogen-bond acceptors (Lipinski definition) is 7. The summed E-state index contributed by atoms with van der Waals surface area (Å²) < 4.78 is 17.4. The molecule has 0 N–H and O–H groups in total. The standard InChI is InChI=1S/C26H37N3O4/c1-5-6-15-31-24-18-21(2)26(22(3)19-24)33-17-12-10-8-7-9-11-16-32-25-14-13-23(28-29-25)20-27-30-4/h5-6,13-14,18-20H,7-12,15-17H2,1-4H3/b6-5+,27-20+. The average molecular weight is 456 g/mol. The van der Waals surface area contributed by atoms with Gasteiger partial charge in [-0.05, 0) is 62.9 Å². The van der Waals surface area contributed by atoms with Crippen LogP contribution >= 0.6 is 0 Å². The number of nitrogens with zero attached hydrogens (tertiary/aromatic N) is 3. The lowest BCUT2D eigenvalue weighted by Gasteiger charge is -2.14. The zero-order valence-electron chi connectivity index (χ0n) is 20.4. The molecule has 0 aliphatic carbocycles. The first-order chi connectivity index (χ1) is 16.1. The highest BCUT2D eigenvalue weighted by Gasteiger charge is 2.07. The number of unbranched alkanes of at least 4 members (excludes halogenated alkanes) is 5. The van der Waals surface area contributed by atoms with E-state index in [0.717, 1.165) is 48.5 Å². The van der Waals surface area contributed by atoms with Crippen LogP contribution in [0.2, 0.25) is 0 Å². The number of ether oxygens (including phenoxy) is 3. The van der Waals surface area contributed by atoms with Crippen LogP contribution in [0.15, 0.2) is 41.6 Å². The molecular formula is C26H37N3O4. The van der Waals surface area contributed by atoms with Crippen molar-refractivity contribution in [1.82, 2.24) is 10.2 Å². The lowest BCUT2D eigenvalue weighted by Crippen LogP contribution is -2.02. The van der Waals surface area contributed by atoms with E-state index in [1.807, 2.05) is 31.2 Å². The third-order valence-electron chi connectivity index (χ3n) is 5.00. The molecule has 33 heavy (non-hydrogen) atoms. The van der Waals surface area contributed by atoms with Crippen molar-refractivity contribution >= 4 is 6.21 Å². The second-order valence-corrected chi connectivity index (χ2v) is 7.80. The highest BCUT2D eigenvalue weighted by molar-refractivity contribution is 5.75. The number of hydrogen-bond donors (Lipinski definition) is 0. The highest BCUT2D eigenvalue weighted by atomic mass is 16.6. The summed E-state index contributed by atoms with van der Waals surface area (Å²) in [5.41, 5.74) is 2.87. The van der Waals surface area contributed by atoms with Crippen LogP contribution in [0.5, 0.6) is 17.4 Å². The molecule has 1 aromatic heterocycles. The summed E-state index contributed by atoms with van der Waals surface area (Å²) in [5, 5.41) is 11.7. The molecule has 0 saturated heterocycles. The van der Waals surface area contributed by atoms with Gasteiger partial charge >= 0.3 is 0 Å². The van der Waals surface area contributed by atoms with E-state index in [1.54, 1.807) is 12.1 Å². The molecular weight excluding hydrogens is 418 g/mol. The zero-order valence-corrected chi connectivity index (χ0v) is 20.4. The molecule has 0 amide bonds. The van der Waals surface area contributed by atoms with Gasteiger partial charge in [-0.25, -0.2) is 0 Å². The minimum absolute atomic E-state index is 0.532. The first kappa shape index (κ1) is 26.2. The van der Waals surface area contributed by atoms with Crippen molar-refractivity contribution < 1.29 is 19.0 Å². The van der Waals surface area contributed by atoms with Crippen LogP contribution in [-0.2, 0) is 4.84 Å². The maximum atomic E-state index is 6.05. The lowest BCUT2D eigenvalue weighted by atomic mass is 10.1. The fourth-order valence-electron chi connectivity index (χ4n) is 3.31. The minimum Gasteiger partial charge on any atom is -0.493 e. The normalized spacial score (nSPS) is 11.3. The van der Waals surface area contributed by atoms with E-state index in [2.05, 4.69) is 34.0 Å². The van der Waals surface area contributed by atoms with E-state index in [0.29, 0.717) is 24.8 Å². The van der Waals surface area contributed by atoms with Crippen LogP contribution in [-0.4, -0.2) is 43.3 Å². The minimum atomic E-state index is 0.532. The lowest BCUT2D eigenvalue weighted by molar-refractivity contribution is 0.215. The van der Waals surface area contributed by atoms with Gasteiger partial charge in [0.2, 0.25) is 5.88 Å². The van der Waals surface area contributed by atoms with Gasteiger partial charge < -0.3 is 19.0 Å². The predicted molar refractivity (Wildman–Crippen MR) is 132 cm³/mol. The Morgan fingerprint density at radius 2 is 1.52 bits per heavy atom. The molecule has 180 valence electrons. The van der Waals surface area contributed by atoms with Gasteiger partial charge in [0, 0.05) is 6.07 Å². The van der Waals surface area contributed by atoms with E-state index in [4.69, 9.17) is 14.2 Å². The topological polar surface area (TPSA) is 75.1 Å². The first-order valence-corrected chi connectivity index (χ1v) is 11.6. The zero-order chi connectivity index (χ0) is 23.7. The van der Waals surface area contributed by atoms with Crippen LogP contribution < -0.4 is 14.2 Å². The van der Waals surface area contributed by atoms with E-state index < -0.39 is 0 Å². The molecule has 0 saturated carbocycles. The number of aromatic nitrogens is 2. The number of aryl methyl sites for hydroxylation is 2. The predicted octanol–water partition coefficient (Wildman–Crippen LogP) is 5.83. The fraction of sp³-hybridized carbons (Fsp3) is 0.500. The molecule has 0 aliphatic heterocycles. The maximum Gasteiger partial charge on any atom is 0.233 e. The summed E-state index contributed by atoms with van der Waals surface area (Å²) in [6.45, 7) is 8.12. The number of oxime groups is 1. The number of allylic oxidation sites excluding steroid dienone is 1. The summed E-state index contributed by atoms with van der Waals surface area (Å²) in [4.78, 5) is 4.61. The quantitative estimate of drug-likeness (QED) is 0.137. The summed E-state index contributed by atoms with van der Waals surface area (Å²) in [6.07, 6.45) is 12.2. The Morgan fingerprint density at radius 3 is 2.12 bits per heavy atom. The summed E-state index contributed by atoms with van der Waals surface area (Å²) in [6, 6.07) is 7.67. The summed E-state index contributed by atoms with van der Waals surface area (Å²) in [5.74, 6) is 2.40. The molecule has 0 spiro atoms. The second-order valence-electron chi connectivity index (χ2n) is 7.80. The van der Waals surface area contributed by atoms with E-state index in [9.17, 15) is 0 Å².